The molecule has 146 valence electrons. The fourth-order valence-corrected chi connectivity index (χ4v) is 2.94. The van der Waals surface area contributed by atoms with Gasteiger partial charge in [0.1, 0.15) is 0 Å². The van der Waals surface area contributed by atoms with Crippen molar-refractivity contribution in [1.82, 2.24) is 20.4 Å². The molecule has 0 spiro atoms. The minimum Gasteiger partial charge on any atom is -0.374 e. The molecule has 2 saturated heterocycles. The largest absolute Gasteiger partial charge is 0.374 e. The zero-order chi connectivity index (χ0) is 15.1. The fourth-order valence-electron chi connectivity index (χ4n) is 2.94. The SMILES string of the molecule is CC(C)CN1CCOC(CNC(=O)CN2CCNCC2)C1.Cl.Cl.Cl. The highest BCUT2D eigenvalue weighted by molar-refractivity contribution is 5.86. The minimum atomic E-state index is 0. The maximum Gasteiger partial charge on any atom is 0.234 e. The number of carbonyl (C=O) groups is 1. The first kappa shape index (κ1) is 26.4. The normalized spacial score (nSPS) is 22.0. The molecule has 2 rings (SSSR count). The Bertz CT molecular complexity index is 332. The van der Waals surface area contributed by atoms with Gasteiger partial charge in [0.15, 0.2) is 0 Å². The van der Waals surface area contributed by atoms with Crippen LogP contribution >= 0.6 is 37.2 Å². The van der Waals surface area contributed by atoms with E-state index in [1.165, 1.54) is 0 Å². The number of hydrogen-bond acceptors (Lipinski definition) is 5. The number of halogens is 3. The topological polar surface area (TPSA) is 56.8 Å². The lowest BCUT2D eigenvalue weighted by atomic mass is 10.2. The summed E-state index contributed by atoms with van der Waals surface area (Å²) in [5, 5.41) is 6.31. The number of amides is 1. The van der Waals surface area contributed by atoms with Gasteiger partial charge >= 0.3 is 0 Å². The second-order valence-corrected chi connectivity index (χ2v) is 6.48. The molecule has 2 N–H and O–H groups in total. The third kappa shape index (κ3) is 10.2. The highest BCUT2D eigenvalue weighted by Crippen LogP contribution is 2.07. The van der Waals surface area contributed by atoms with Gasteiger partial charge in [-0.15, -0.1) is 37.2 Å². The van der Waals surface area contributed by atoms with Crippen LogP contribution in [-0.4, -0.2) is 87.3 Å². The number of piperazine rings is 1. The van der Waals surface area contributed by atoms with E-state index in [2.05, 4.69) is 34.3 Å². The van der Waals surface area contributed by atoms with Crippen LogP contribution in [0.5, 0.6) is 0 Å². The van der Waals surface area contributed by atoms with Crippen LogP contribution in [0.2, 0.25) is 0 Å². The average molecular weight is 408 g/mol. The number of carbonyl (C=O) groups excluding carboxylic acids is 1. The Morgan fingerprint density at radius 2 is 1.83 bits per heavy atom. The van der Waals surface area contributed by atoms with Gasteiger partial charge < -0.3 is 15.4 Å². The smallest absolute Gasteiger partial charge is 0.234 e. The summed E-state index contributed by atoms with van der Waals surface area (Å²) in [5.41, 5.74) is 0. The number of nitrogens with one attached hydrogen (secondary N) is 2. The lowest BCUT2D eigenvalue weighted by Gasteiger charge is -2.34. The molecule has 0 bridgehead atoms. The van der Waals surface area contributed by atoms with Crippen molar-refractivity contribution in [2.75, 3.05) is 65.5 Å². The van der Waals surface area contributed by atoms with Gasteiger partial charge in [-0.1, -0.05) is 13.8 Å². The first-order valence-corrected chi connectivity index (χ1v) is 8.17. The Labute approximate surface area is 164 Å². The molecule has 0 saturated carbocycles. The second kappa shape index (κ2) is 14.4. The molecule has 0 aromatic rings. The van der Waals surface area contributed by atoms with E-state index in [9.17, 15) is 4.79 Å². The molecule has 0 aromatic heterocycles. The molecule has 9 heteroatoms. The first-order chi connectivity index (χ1) is 10.1. The van der Waals surface area contributed by atoms with Crippen molar-refractivity contribution in [3.8, 4) is 0 Å². The average Bonchev–Trinajstić information content (AvgIpc) is 2.46. The predicted molar refractivity (Wildman–Crippen MR) is 105 cm³/mol. The molecule has 2 aliphatic heterocycles. The standard InChI is InChI=1S/C15H30N4O2.3ClH/c1-13(2)10-19-7-8-21-14(11-19)9-17-15(20)12-18-5-3-16-4-6-18;;;/h13-14,16H,3-12H2,1-2H3,(H,17,20);3*1H. The molecule has 1 atom stereocenters. The summed E-state index contributed by atoms with van der Waals surface area (Å²) in [6.07, 6.45) is 0.129. The van der Waals surface area contributed by atoms with Gasteiger partial charge in [0.05, 0.1) is 19.3 Å². The lowest BCUT2D eigenvalue weighted by Crippen LogP contribution is -2.51. The highest BCUT2D eigenvalue weighted by atomic mass is 35.5. The van der Waals surface area contributed by atoms with E-state index in [0.717, 1.165) is 52.4 Å². The maximum absolute atomic E-state index is 12.0. The highest BCUT2D eigenvalue weighted by Gasteiger charge is 2.22. The third-order valence-corrected chi connectivity index (χ3v) is 3.95. The summed E-state index contributed by atoms with van der Waals surface area (Å²) >= 11 is 0. The minimum absolute atomic E-state index is 0. The maximum atomic E-state index is 12.0. The van der Waals surface area contributed by atoms with E-state index < -0.39 is 0 Å². The van der Waals surface area contributed by atoms with Gasteiger partial charge in [-0.3, -0.25) is 14.6 Å². The van der Waals surface area contributed by atoms with Crippen LogP contribution in [0.1, 0.15) is 13.8 Å². The zero-order valence-corrected chi connectivity index (χ0v) is 17.1. The molecule has 6 nitrogen and oxygen atoms in total. The van der Waals surface area contributed by atoms with Gasteiger partial charge in [-0.05, 0) is 5.92 Å². The molecule has 0 radical (unpaired) electrons. The van der Waals surface area contributed by atoms with Crippen LogP contribution in [0.4, 0.5) is 0 Å². The van der Waals surface area contributed by atoms with Gasteiger partial charge in [0.2, 0.25) is 5.91 Å². The van der Waals surface area contributed by atoms with Crippen LogP contribution in [0.25, 0.3) is 0 Å². The van der Waals surface area contributed by atoms with Gasteiger partial charge in [0, 0.05) is 52.4 Å². The quantitative estimate of drug-likeness (QED) is 0.676. The molecule has 2 aliphatic rings. The van der Waals surface area contributed by atoms with E-state index >= 15 is 0 Å². The van der Waals surface area contributed by atoms with Crippen molar-refractivity contribution in [3.63, 3.8) is 0 Å². The molecule has 1 amide bonds. The monoisotopic (exact) mass is 406 g/mol. The van der Waals surface area contributed by atoms with E-state index in [1.807, 2.05) is 0 Å². The molecule has 2 heterocycles. The van der Waals surface area contributed by atoms with E-state index in [-0.39, 0.29) is 49.2 Å². The Kier molecular flexibility index (Phi) is 15.8. The number of ether oxygens (including phenoxy) is 1. The zero-order valence-electron chi connectivity index (χ0n) is 14.7. The van der Waals surface area contributed by atoms with E-state index in [1.54, 1.807) is 0 Å². The number of hydrogen-bond donors (Lipinski definition) is 2. The third-order valence-electron chi connectivity index (χ3n) is 3.95. The number of rotatable bonds is 6. The molecular weight excluding hydrogens is 375 g/mol. The van der Waals surface area contributed by atoms with Gasteiger partial charge in [0.25, 0.3) is 0 Å². The fraction of sp³-hybridized carbons (Fsp3) is 0.933. The van der Waals surface area contributed by atoms with Crippen molar-refractivity contribution in [2.24, 2.45) is 5.92 Å². The number of morpholine rings is 1. The second-order valence-electron chi connectivity index (χ2n) is 6.48. The van der Waals surface area contributed by atoms with Crippen molar-refractivity contribution in [1.29, 1.82) is 0 Å². The summed E-state index contributed by atoms with van der Waals surface area (Å²) < 4.78 is 5.75. The van der Waals surface area contributed by atoms with Crippen LogP contribution in [-0.2, 0) is 9.53 Å². The molecule has 0 aromatic carbocycles. The van der Waals surface area contributed by atoms with Crippen molar-refractivity contribution in [2.45, 2.75) is 20.0 Å². The van der Waals surface area contributed by atoms with E-state index in [0.29, 0.717) is 19.0 Å². The van der Waals surface area contributed by atoms with Crippen molar-refractivity contribution in [3.05, 3.63) is 0 Å². The lowest BCUT2D eigenvalue weighted by molar-refractivity contribution is -0.123. The summed E-state index contributed by atoms with van der Waals surface area (Å²) in [4.78, 5) is 16.6. The summed E-state index contributed by atoms with van der Waals surface area (Å²) in [6.45, 7) is 13.3. The van der Waals surface area contributed by atoms with Crippen molar-refractivity contribution < 1.29 is 9.53 Å². The molecule has 2 fully saturated rings. The van der Waals surface area contributed by atoms with Crippen molar-refractivity contribution >= 4 is 43.1 Å². The Balaban J connectivity index is 0. The van der Waals surface area contributed by atoms with Crippen LogP contribution in [0.3, 0.4) is 0 Å². The molecule has 0 aliphatic carbocycles. The van der Waals surface area contributed by atoms with Gasteiger partial charge in [-0.2, -0.15) is 0 Å². The predicted octanol–water partition coefficient (Wildman–Crippen LogP) is 0.630. The first-order valence-electron chi connectivity index (χ1n) is 8.17. The molecule has 1 unspecified atom stereocenters. The number of nitrogens with zero attached hydrogens (tertiary/aromatic N) is 2. The van der Waals surface area contributed by atoms with Crippen LogP contribution < -0.4 is 10.6 Å². The van der Waals surface area contributed by atoms with Crippen LogP contribution in [0, 0.1) is 5.92 Å². The molecule has 24 heavy (non-hydrogen) atoms. The summed E-state index contributed by atoms with van der Waals surface area (Å²) in [5.74, 6) is 0.785. The van der Waals surface area contributed by atoms with Gasteiger partial charge in [-0.25, -0.2) is 0 Å². The van der Waals surface area contributed by atoms with E-state index in [4.69, 9.17) is 4.74 Å². The Morgan fingerprint density at radius 1 is 1.17 bits per heavy atom. The summed E-state index contributed by atoms with van der Waals surface area (Å²) in [6, 6.07) is 0. The van der Waals surface area contributed by atoms with Crippen LogP contribution in [0.15, 0.2) is 0 Å². The Morgan fingerprint density at radius 3 is 2.46 bits per heavy atom. The molecular formula is C15H33Cl3N4O2. The summed E-state index contributed by atoms with van der Waals surface area (Å²) in [7, 11) is 0. The Hall–Kier alpha value is 0.180.